The molecule has 2 aliphatic heterocycles. The fraction of sp³-hybridized carbons (Fsp3) is 0.484. The monoisotopic (exact) mass is 1120 g/mol. The van der Waals surface area contributed by atoms with Gasteiger partial charge in [-0.25, -0.2) is 9.97 Å². The molecule has 9 rings (SSSR count). The smallest absolute Gasteiger partial charge is 0.251 e. The van der Waals surface area contributed by atoms with E-state index < -0.39 is 54.0 Å². The second kappa shape index (κ2) is 26.7. The topological polar surface area (TPSA) is 217 Å². The van der Waals surface area contributed by atoms with Gasteiger partial charge < -0.3 is 31.1 Å². The van der Waals surface area contributed by atoms with Crippen LogP contribution in [0.5, 0.6) is 0 Å². The molecule has 422 valence electrons. The molecule has 8 atom stereocenters. The molecular formula is C62H74N8O8S2. The van der Waals surface area contributed by atoms with E-state index in [9.17, 15) is 33.6 Å². The highest BCUT2D eigenvalue weighted by Crippen LogP contribution is 2.41. The molecule has 16 nitrogen and oxygen atoms in total. The van der Waals surface area contributed by atoms with E-state index in [1.165, 1.54) is 22.7 Å². The number of Topliss-reactive ketones (excluding diaryl/α,β-unsaturated/α-hetero) is 1. The van der Waals surface area contributed by atoms with E-state index in [0.717, 1.165) is 64.2 Å². The molecule has 0 bridgehead atoms. The van der Waals surface area contributed by atoms with Crippen molar-refractivity contribution in [1.29, 1.82) is 0 Å². The summed E-state index contributed by atoms with van der Waals surface area (Å²) in [4.78, 5) is 125. The van der Waals surface area contributed by atoms with Crippen LogP contribution in [0.2, 0.25) is 0 Å². The number of aromatic nitrogens is 2. The summed E-state index contributed by atoms with van der Waals surface area (Å²) in [5.41, 5.74) is 2.14. The van der Waals surface area contributed by atoms with Gasteiger partial charge in [-0.1, -0.05) is 113 Å². The fourth-order valence-corrected chi connectivity index (χ4v) is 13.8. The van der Waals surface area contributed by atoms with Crippen LogP contribution in [0.3, 0.4) is 0 Å². The molecular weight excluding hydrogens is 1050 g/mol. The average molecular weight is 1120 g/mol. The number of rotatable bonds is 21. The van der Waals surface area contributed by atoms with Crippen molar-refractivity contribution >= 4 is 69.6 Å². The number of likely N-dealkylation sites (tertiary alicyclic amines) is 2. The molecule has 4 fully saturated rings. The zero-order valence-electron chi connectivity index (χ0n) is 46.2. The van der Waals surface area contributed by atoms with Gasteiger partial charge in [0.15, 0.2) is 0 Å². The normalized spacial score (nSPS) is 21.2. The predicted octanol–water partition coefficient (Wildman–Crippen LogP) is 9.08. The third kappa shape index (κ3) is 13.5. The SMILES string of the molecule is CC[C@@H](C)C(=O)N[C@H](C(=O)N1C[C@@H](NC(=O)c2ccc(C(=O)N[C@H]3C[C@@H](c4nc(C(=O)c5ccccc5)cs4)N(C(=O)[C@@H](CC(=O)[C@H](C)NC)C4CCCCC4)C3)cc2)C[C@H]1c1nc(C(=O)c2ccccc2)cs1)C1CCCCC1. The highest BCUT2D eigenvalue weighted by molar-refractivity contribution is 7.10. The molecule has 2 aromatic heterocycles. The Morgan fingerprint density at radius 2 is 1.04 bits per heavy atom. The lowest BCUT2D eigenvalue weighted by atomic mass is 9.76. The lowest BCUT2D eigenvalue weighted by molar-refractivity contribution is -0.141. The van der Waals surface area contributed by atoms with Crippen molar-refractivity contribution in [1.82, 2.24) is 41.0 Å². The number of likely N-dealkylation sites (N-methyl/N-ethyl adjacent to an activating group) is 1. The fourth-order valence-electron chi connectivity index (χ4n) is 12.0. The molecule has 18 heteroatoms. The number of amides is 5. The molecule has 4 aliphatic rings. The molecule has 0 unspecified atom stereocenters. The van der Waals surface area contributed by atoms with Crippen LogP contribution in [0.25, 0.3) is 0 Å². The number of ketones is 3. The Hall–Kier alpha value is -6.76. The first-order valence-corrected chi connectivity index (χ1v) is 30.4. The molecule has 0 spiro atoms. The van der Waals surface area contributed by atoms with Crippen LogP contribution in [0.1, 0.15) is 186 Å². The van der Waals surface area contributed by atoms with E-state index >= 15 is 4.79 Å². The van der Waals surface area contributed by atoms with Gasteiger partial charge >= 0.3 is 0 Å². The van der Waals surface area contributed by atoms with Gasteiger partial charge in [0.25, 0.3) is 11.8 Å². The molecule has 80 heavy (non-hydrogen) atoms. The van der Waals surface area contributed by atoms with Crippen molar-refractivity contribution < 1.29 is 38.4 Å². The van der Waals surface area contributed by atoms with Crippen LogP contribution in [-0.2, 0) is 19.2 Å². The molecule has 0 radical (unpaired) electrons. The van der Waals surface area contributed by atoms with E-state index in [1.54, 1.807) is 107 Å². The Morgan fingerprint density at radius 1 is 0.588 bits per heavy atom. The number of nitrogens with one attached hydrogen (secondary N) is 4. The number of carbonyl (C=O) groups is 8. The quantitative estimate of drug-likeness (QED) is 0.0508. The van der Waals surface area contributed by atoms with Crippen molar-refractivity contribution in [2.75, 3.05) is 20.1 Å². The van der Waals surface area contributed by atoms with Gasteiger partial charge in [-0.3, -0.25) is 38.4 Å². The second-order valence-electron chi connectivity index (χ2n) is 22.3. The number of hydrogen-bond acceptors (Lipinski definition) is 13. The molecule has 3 aromatic carbocycles. The molecule has 2 saturated heterocycles. The molecule has 5 aromatic rings. The highest BCUT2D eigenvalue weighted by atomic mass is 32.1. The minimum Gasteiger partial charge on any atom is -0.347 e. The van der Waals surface area contributed by atoms with Gasteiger partial charge in [-0.05, 0) is 95.0 Å². The Bertz CT molecular complexity index is 2810. The van der Waals surface area contributed by atoms with E-state index in [4.69, 9.17) is 9.97 Å². The van der Waals surface area contributed by atoms with Gasteiger partial charge in [0, 0.05) is 76.4 Å². The van der Waals surface area contributed by atoms with Crippen LogP contribution in [0.4, 0.5) is 0 Å². The first-order valence-electron chi connectivity index (χ1n) is 28.6. The minimum absolute atomic E-state index is 0.0338. The van der Waals surface area contributed by atoms with Crippen molar-refractivity contribution in [3.8, 4) is 0 Å². The first-order chi connectivity index (χ1) is 38.7. The van der Waals surface area contributed by atoms with Crippen molar-refractivity contribution in [3.63, 3.8) is 0 Å². The van der Waals surface area contributed by atoms with E-state index in [-0.39, 0.29) is 83.7 Å². The maximum Gasteiger partial charge on any atom is 0.251 e. The molecule has 2 aliphatic carbocycles. The summed E-state index contributed by atoms with van der Waals surface area (Å²) in [7, 11) is 1.73. The Balaban J connectivity index is 0.912. The van der Waals surface area contributed by atoms with Crippen molar-refractivity contribution in [2.24, 2.45) is 23.7 Å². The first kappa shape index (κ1) is 57.9. The lowest BCUT2D eigenvalue weighted by Gasteiger charge is -2.35. The Labute approximate surface area is 476 Å². The number of carbonyl (C=O) groups excluding carboxylic acids is 8. The third-order valence-corrected chi connectivity index (χ3v) is 18.9. The average Bonchev–Trinajstić information content (AvgIpc) is 4.41. The van der Waals surface area contributed by atoms with E-state index in [2.05, 4.69) is 21.3 Å². The Morgan fingerprint density at radius 3 is 1.49 bits per heavy atom. The highest BCUT2D eigenvalue weighted by Gasteiger charge is 2.46. The summed E-state index contributed by atoms with van der Waals surface area (Å²) < 4.78 is 0. The van der Waals surface area contributed by atoms with Crippen LogP contribution in [-0.4, -0.2) is 111 Å². The van der Waals surface area contributed by atoms with Gasteiger partial charge in [-0.15, -0.1) is 22.7 Å². The number of nitrogens with zero attached hydrogens (tertiary/aromatic N) is 4. The van der Waals surface area contributed by atoms with Crippen molar-refractivity contribution in [3.05, 3.63) is 139 Å². The van der Waals surface area contributed by atoms with Crippen LogP contribution in [0, 0.1) is 23.7 Å². The number of hydrogen-bond donors (Lipinski definition) is 4. The maximum atomic E-state index is 15.0. The largest absolute Gasteiger partial charge is 0.347 e. The van der Waals surface area contributed by atoms with E-state index in [0.29, 0.717) is 51.5 Å². The molecule has 5 amide bonds. The summed E-state index contributed by atoms with van der Waals surface area (Å²) in [6.07, 6.45) is 10.8. The predicted molar refractivity (Wildman–Crippen MR) is 307 cm³/mol. The second-order valence-corrected chi connectivity index (χ2v) is 24.1. The summed E-state index contributed by atoms with van der Waals surface area (Å²) in [5, 5.41) is 17.0. The van der Waals surface area contributed by atoms with Gasteiger partial charge in [0.1, 0.15) is 33.2 Å². The minimum atomic E-state index is -0.756. The molecule has 4 heterocycles. The van der Waals surface area contributed by atoms with Crippen LogP contribution >= 0.6 is 22.7 Å². The third-order valence-electron chi connectivity index (χ3n) is 17.0. The van der Waals surface area contributed by atoms with Crippen LogP contribution < -0.4 is 21.3 Å². The Kier molecular flexibility index (Phi) is 19.3. The van der Waals surface area contributed by atoms with Crippen LogP contribution in [0.15, 0.2) is 95.7 Å². The lowest BCUT2D eigenvalue weighted by Crippen LogP contribution is -2.54. The molecule has 4 N–H and O–H groups in total. The standard InChI is InChI=1S/C62H74N8O8S2/c1-5-37(2)56(74)68-53(40-20-12-7-13-21-40)62(78)70-34-46(31-51(70)60-67-49(36-80-60)55(73)42-24-16-9-17-25-42)65-58(76)44-28-26-43(27-29-44)57(75)64-45-30-50(59-66-48(35-79-59)54(72)41-22-14-8-15-23-41)69(33-45)61(77)47(32-52(71)38(3)63-4)39-18-10-6-11-19-39/h8-9,14-17,22-29,35-40,45-47,50-51,53,63H,5-7,10-13,18-21,30-34H2,1-4H3,(H,64,75)(H,65,76)(H,68,74)/t37-,38+,45+,46+,47+,50+,51+,53+/m1/s1. The van der Waals surface area contributed by atoms with Gasteiger partial charge in [-0.2, -0.15) is 0 Å². The zero-order valence-corrected chi connectivity index (χ0v) is 47.8. The molecule has 2 saturated carbocycles. The van der Waals surface area contributed by atoms with Crippen molar-refractivity contribution in [2.45, 2.75) is 147 Å². The van der Waals surface area contributed by atoms with E-state index in [1.807, 2.05) is 26.0 Å². The summed E-state index contributed by atoms with van der Waals surface area (Å²) in [6.45, 7) is 5.93. The summed E-state index contributed by atoms with van der Waals surface area (Å²) >= 11 is 2.60. The van der Waals surface area contributed by atoms with Gasteiger partial charge in [0.2, 0.25) is 29.3 Å². The number of benzene rings is 3. The maximum absolute atomic E-state index is 15.0. The van der Waals surface area contributed by atoms with Gasteiger partial charge in [0.05, 0.1) is 18.1 Å². The zero-order chi connectivity index (χ0) is 56.5. The summed E-state index contributed by atoms with van der Waals surface area (Å²) in [5.74, 6) is -2.69. The number of thiazole rings is 2. The summed E-state index contributed by atoms with van der Waals surface area (Å²) in [6, 6.07) is 20.8.